The van der Waals surface area contributed by atoms with Crippen LogP contribution in [0.2, 0.25) is 0 Å². The smallest absolute Gasteiger partial charge is 0.393 e. The summed E-state index contributed by atoms with van der Waals surface area (Å²) in [5.74, 6) is -1.19. The number of likely N-dealkylation sites (N-methyl/N-ethyl adjacent to an activating group) is 1. The number of hydrogen-bond donors (Lipinski definition) is 2. The molecule has 1 saturated heterocycles. The molecule has 0 amide bonds. The Hall–Kier alpha value is -0.330. The summed E-state index contributed by atoms with van der Waals surface area (Å²) in [5, 5.41) is 12.6. The molecule has 0 bridgehead atoms. The molecule has 2 unspecified atom stereocenters. The second-order valence-corrected chi connectivity index (χ2v) is 5.68. The van der Waals surface area contributed by atoms with Crippen molar-refractivity contribution in [3.05, 3.63) is 0 Å². The standard InChI is InChI=1S/C13H25F3N2O/c1-3-17-12(2,10-19)6-8-18-7-4-5-11(9-18)13(14,15)16/h11,17,19H,3-10H2,1-2H3. The molecule has 1 aliphatic rings. The predicted molar refractivity (Wildman–Crippen MR) is 69.0 cm³/mol. The van der Waals surface area contributed by atoms with Crippen molar-refractivity contribution in [3.63, 3.8) is 0 Å². The Morgan fingerprint density at radius 2 is 2.05 bits per heavy atom. The topological polar surface area (TPSA) is 35.5 Å². The molecule has 1 fully saturated rings. The lowest BCUT2D eigenvalue weighted by Crippen LogP contribution is -2.49. The Morgan fingerprint density at radius 3 is 2.58 bits per heavy atom. The van der Waals surface area contributed by atoms with E-state index >= 15 is 0 Å². The summed E-state index contributed by atoms with van der Waals surface area (Å²) >= 11 is 0. The lowest BCUT2D eigenvalue weighted by molar-refractivity contribution is -0.186. The van der Waals surface area contributed by atoms with E-state index in [-0.39, 0.29) is 19.6 Å². The van der Waals surface area contributed by atoms with E-state index in [1.54, 1.807) is 0 Å². The van der Waals surface area contributed by atoms with Crippen LogP contribution in [0.15, 0.2) is 0 Å². The number of halogens is 3. The van der Waals surface area contributed by atoms with Gasteiger partial charge in [-0.1, -0.05) is 6.92 Å². The van der Waals surface area contributed by atoms with Gasteiger partial charge < -0.3 is 15.3 Å². The zero-order valence-electron chi connectivity index (χ0n) is 11.8. The van der Waals surface area contributed by atoms with Crippen molar-refractivity contribution in [2.45, 2.75) is 44.8 Å². The zero-order chi connectivity index (χ0) is 14.5. The van der Waals surface area contributed by atoms with E-state index in [1.165, 1.54) is 0 Å². The van der Waals surface area contributed by atoms with Crippen LogP contribution in [0.5, 0.6) is 0 Å². The van der Waals surface area contributed by atoms with Gasteiger partial charge in [0, 0.05) is 12.1 Å². The van der Waals surface area contributed by atoms with E-state index in [9.17, 15) is 18.3 Å². The van der Waals surface area contributed by atoms with Crippen molar-refractivity contribution in [3.8, 4) is 0 Å². The molecule has 0 aliphatic carbocycles. The molecule has 19 heavy (non-hydrogen) atoms. The highest BCUT2D eigenvalue weighted by Crippen LogP contribution is 2.33. The molecule has 114 valence electrons. The van der Waals surface area contributed by atoms with Gasteiger partial charge in [-0.3, -0.25) is 0 Å². The average Bonchev–Trinajstić information content (AvgIpc) is 2.36. The SMILES string of the molecule is CCNC(C)(CO)CCN1CCCC(C(F)(F)F)C1. The number of piperidine rings is 1. The third-order valence-corrected chi connectivity index (χ3v) is 3.90. The first-order valence-corrected chi connectivity index (χ1v) is 6.95. The average molecular weight is 282 g/mol. The Balaban J connectivity index is 2.44. The molecule has 0 aromatic carbocycles. The second-order valence-electron chi connectivity index (χ2n) is 5.68. The minimum absolute atomic E-state index is 0.00260. The number of rotatable bonds is 6. The van der Waals surface area contributed by atoms with E-state index in [2.05, 4.69) is 5.32 Å². The van der Waals surface area contributed by atoms with Crippen LogP contribution in [0.4, 0.5) is 13.2 Å². The van der Waals surface area contributed by atoms with Crippen molar-refractivity contribution >= 4 is 0 Å². The van der Waals surface area contributed by atoms with Crippen LogP contribution in [0.1, 0.15) is 33.1 Å². The number of nitrogens with one attached hydrogen (secondary N) is 1. The highest BCUT2D eigenvalue weighted by molar-refractivity contribution is 4.85. The van der Waals surface area contributed by atoms with Crippen molar-refractivity contribution in [1.82, 2.24) is 10.2 Å². The number of alkyl halides is 3. The maximum absolute atomic E-state index is 12.7. The van der Waals surface area contributed by atoms with E-state index in [4.69, 9.17) is 0 Å². The zero-order valence-corrected chi connectivity index (χ0v) is 11.8. The quantitative estimate of drug-likeness (QED) is 0.782. The Labute approximate surface area is 113 Å². The van der Waals surface area contributed by atoms with Gasteiger partial charge in [0.15, 0.2) is 0 Å². The third-order valence-electron chi connectivity index (χ3n) is 3.90. The van der Waals surface area contributed by atoms with Gasteiger partial charge in [0.05, 0.1) is 12.5 Å². The third kappa shape index (κ3) is 5.28. The van der Waals surface area contributed by atoms with E-state index in [1.807, 2.05) is 18.7 Å². The van der Waals surface area contributed by atoms with Crippen molar-refractivity contribution in [2.75, 3.05) is 32.8 Å². The minimum Gasteiger partial charge on any atom is -0.394 e. The highest BCUT2D eigenvalue weighted by Gasteiger charge is 2.41. The number of likely N-dealkylation sites (tertiary alicyclic amines) is 1. The molecule has 0 spiro atoms. The van der Waals surface area contributed by atoms with Gasteiger partial charge >= 0.3 is 6.18 Å². The summed E-state index contributed by atoms with van der Waals surface area (Å²) in [7, 11) is 0. The monoisotopic (exact) mass is 282 g/mol. The van der Waals surface area contributed by atoms with Crippen LogP contribution in [-0.2, 0) is 0 Å². The van der Waals surface area contributed by atoms with Crippen LogP contribution < -0.4 is 5.32 Å². The fourth-order valence-electron chi connectivity index (χ4n) is 2.58. The normalized spacial score (nSPS) is 25.3. The molecule has 1 heterocycles. The minimum atomic E-state index is -4.08. The summed E-state index contributed by atoms with van der Waals surface area (Å²) in [6.07, 6.45) is -2.59. The molecule has 2 N–H and O–H groups in total. The lowest BCUT2D eigenvalue weighted by Gasteiger charge is -2.36. The lowest BCUT2D eigenvalue weighted by atomic mass is 9.94. The van der Waals surface area contributed by atoms with Gasteiger partial charge in [-0.2, -0.15) is 13.2 Å². The molecule has 0 aromatic heterocycles. The predicted octanol–water partition coefficient (Wildman–Crippen LogP) is 2.01. The number of hydrogen-bond acceptors (Lipinski definition) is 3. The van der Waals surface area contributed by atoms with Gasteiger partial charge in [0.1, 0.15) is 0 Å². The van der Waals surface area contributed by atoms with Crippen molar-refractivity contribution in [1.29, 1.82) is 0 Å². The highest BCUT2D eigenvalue weighted by atomic mass is 19.4. The molecule has 0 aromatic rings. The number of nitrogens with zero attached hydrogens (tertiary/aromatic N) is 1. The molecule has 3 nitrogen and oxygen atoms in total. The maximum Gasteiger partial charge on any atom is 0.393 e. The molecular formula is C13H25F3N2O. The first-order chi connectivity index (χ1) is 8.80. The van der Waals surface area contributed by atoms with Crippen LogP contribution in [0, 0.1) is 5.92 Å². The van der Waals surface area contributed by atoms with E-state index in [0.29, 0.717) is 19.4 Å². The van der Waals surface area contributed by atoms with Crippen molar-refractivity contribution in [2.24, 2.45) is 5.92 Å². The molecule has 6 heteroatoms. The summed E-state index contributed by atoms with van der Waals surface area (Å²) in [5.41, 5.74) is -0.403. The molecule has 2 atom stereocenters. The van der Waals surface area contributed by atoms with Gasteiger partial charge in [-0.15, -0.1) is 0 Å². The Morgan fingerprint density at radius 1 is 1.37 bits per heavy atom. The number of aliphatic hydroxyl groups is 1. The fraction of sp³-hybridized carbons (Fsp3) is 1.00. The summed E-state index contributed by atoms with van der Waals surface area (Å²) in [6, 6.07) is 0. The molecule has 1 aliphatic heterocycles. The summed E-state index contributed by atoms with van der Waals surface area (Å²) in [4.78, 5) is 1.87. The Bertz CT molecular complexity index is 273. The van der Waals surface area contributed by atoms with E-state index in [0.717, 1.165) is 13.1 Å². The largest absolute Gasteiger partial charge is 0.394 e. The molecule has 1 rings (SSSR count). The summed E-state index contributed by atoms with van der Waals surface area (Å²) in [6.45, 7) is 6.00. The van der Waals surface area contributed by atoms with E-state index < -0.39 is 17.6 Å². The molecular weight excluding hydrogens is 257 g/mol. The van der Waals surface area contributed by atoms with Gasteiger partial charge in [-0.25, -0.2) is 0 Å². The second kappa shape index (κ2) is 6.90. The van der Waals surface area contributed by atoms with Gasteiger partial charge in [-0.05, 0) is 45.8 Å². The number of aliphatic hydroxyl groups excluding tert-OH is 1. The summed E-state index contributed by atoms with van der Waals surface area (Å²) < 4.78 is 38.1. The first-order valence-electron chi connectivity index (χ1n) is 6.95. The van der Waals surface area contributed by atoms with Crippen LogP contribution >= 0.6 is 0 Å². The van der Waals surface area contributed by atoms with Crippen LogP contribution in [0.25, 0.3) is 0 Å². The fourth-order valence-corrected chi connectivity index (χ4v) is 2.58. The maximum atomic E-state index is 12.7. The van der Waals surface area contributed by atoms with Gasteiger partial charge in [0.25, 0.3) is 0 Å². The van der Waals surface area contributed by atoms with Crippen LogP contribution in [-0.4, -0.2) is 54.5 Å². The molecule has 0 radical (unpaired) electrons. The molecule has 0 saturated carbocycles. The van der Waals surface area contributed by atoms with Crippen LogP contribution in [0.3, 0.4) is 0 Å². The first kappa shape index (κ1) is 16.7. The van der Waals surface area contributed by atoms with Gasteiger partial charge in [0.2, 0.25) is 0 Å². The Kier molecular flexibility index (Phi) is 6.08. The van der Waals surface area contributed by atoms with Crippen molar-refractivity contribution < 1.29 is 18.3 Å².